The minimum atomic E-state index is 0.475. The lowest BCUT2D eigenvalue weighted by Gasteiger charge is -2.07. The number of pyridine rings is 1. The number of rotatable bonds is 2. The van der Waals surface area contributed by atoms with E-state index in [9.17, 15) is 0 Å². The molecular weight excluding hydrogens is 294 g/mol. The summed E-state index contributed by atoms with van der Waals surface area (Å²) in [6, 6.07) is 9.67. The largest absolute Gasteiger partial charge is 0.435 e. The van der Waals surface area contributed by atoms with E-state index in [1.807, 2.05) is 30.3 Å². The van der Waals surface area contributed by atoms with E-state index in [1.165, 1.54) is 6.33 Å². The number of hydrogen-bond acceptors (Lipinski definition) is 4. The van der Waals surface area contributed by atoms with Gasteiger partial charge in [0.2, 0.25) is 5.88 Å². The van der Waals surface area contributed by atoms with Gasteiger partial charge in [0.15, 0.2) is 5.75 Å². The highest BCUT2D eigenvalue weighted by atomic mass is 79.9. The Morgan fingerprint density at radius 2 is 1.94 bits per heavy atom. The Labute approximate surface area is 112 Å². The van der Waals surface area contributed by atoms with Crippen LogP contribution < -0.4 is 4.74 Å². The van der Waals surface area contributed by atoms with Gasteiger partial charge in [0.05, 0.1) is 4.47 Å². The van der Waals surface area contributed by atoms with Crippen molar-refractivity contribution in [3.63, 3.8) is 0 Å². The van der Waals surface area contributed by atoms with Crippen molar-refractivity contribution >= 4 is 26.8 Å². The molecule has 0 unspecified atom stereocenters. The summed E-state index contributed by atoms with van der Waals surface area (Å²) >= 11 is 3.35. The third-order valence-electron chi connectivity index (χ3n) is 2.44. The first-order valence-electron chi connectivity index (χ1n) is 5.32. The number of benzene rings is 1. The predicted octanol–water partition coefficient (Wildman–Crippen LogP) is 3.58. The molecule has 1 aromatic carbocycles. The van der Waals surface area contributed by atoms with Crippen LogP contribution >= 0.6 is 15.9 Å². The van der Waals surface area contributed by atoms with Crippen molar-refractivity contribution in [1.29, 1.82) is 0 Å². The van der Waals surface area contributed by atoms with Gasteiger partial charge in [-0.2, -0.15) is 0 Å². The normalized spacial score (nSPS) is 10.5. The topological polar surface area (TPSA) is 47.9 Å². The first kappa shape index (κ1) is 11.1. The first-order chi connectivity index (χ1) is 8.84. The van der Waals surface area contributed by atoms with Gasteiger partial charge in [0.25, 0.3) is 0 Å². The third kappa shape index (κ3) is 2.04. The SMILES string of the molecule is Brc1cncnc1Oc1cccc2cccnc12. The maximum atomic E-state index is 5.76. The molecule has 0 fully saturated rings. The number of ether oxygens (including phenoxy) is 1. The van der Waals surface area contributed by atoms with Gasteiger partial charge < -0.3 is 4.74 Å². The average molecular weight is 302 g/mol. The van der Waals surface area contributed by atoms with Crippen molar-refractivity contribution in [3.8, 4) is 11.6 Å². The lowest BCUT2D eigenvalue weighted by atomic mass is 10.2. The van der Waals surface area contributed by atoms with Crippen LogP contribution in [0.5, 0.6) is 11.6 Å². The van der Waals surface area contributed by atoms with Gasteiger partial charge in [-0.25, -0.2) is 9.97 Å². The summed E-state index contributed by atoms with van der Waals surface area (Å²) in [4.78, 5) is 12.3. The van der Waals surface area contributed by atoms with Crippen LogP contribution in [0.25, 0.3) is 10.9 Å². The van der Waals surface area contributed by atoms with E-state index >= 15 is 0 Å². The molecule has 0 aliphatic rings. The summed E-state index contributed by atoms with van der Waals surface area (Å²) in [5, 5.41) is 1.03. The average Bonchev–Trinajstić information content (AvgIpc) is 2.42. The molecule has 0 atom stereocenters. The van der Waals surface area contributed by atoms with Crippen molar-refractivity contribution in [3.05, 3.63) is 53.5 Å². The second-order valence-corrected chi connectivity index (χ2v) is 4.46. The van der Waals surface area contributed by atoms with E-state index in [0.717, 1.165) is 10.9 Å². The van der Waals surface area contributed by atoms with Crippen molar-refractivity contribution in [1.82, 2.24) is 15.0 Å². The van der Waals surface area contributed by atoms with Gasteiger partial charge in [-0.05, 0) is 28.1 Å². The number of fused-ring (bicyclic) bond motifs is 1. The zero-order valence-electron chi connectivity index (χ0n) is 9.25. The number of para-hydroxylation sites is 1. The van der Waals surface area contributed by atoms with Crippen molar-refractivity contribution in [2.75, 3.05) is 0 Å². The molecule has 0 radical (unpaired) electrons. The molecule has 3 rings (SSSR count). The van der Waals surface area contributed by atoms with Crippen LogP contribution in [0.4, 0.5) is 0 Å². The zero-order chi connectivity index (χ0) is 12.4. The highest BCUT2D eigenvalue weighted by Gasteiger charge is 2.07. The highest BCUT2D eigenvalue weighted by Crippen LogP contribution is 2.30. The Morgan fingerprint density at radius 1 is 1.06 bits per heavy atom. The maximum Gasteiger partial charge on any atom is 0.236 e. The number of halogens is 1. The monoisotopic (exact) mass is 301 g/mol. The van der Waals surface area contributed by atoms with E-state index in [2.05, 4.69) is 30.9 Å². The Balaban J connectivity index is 2.08. The molecule has 2 aromatic heterocycles. The molecule has 2 heterocycles. The molecule has 0 saturated heterocycles. The van der Waals surface area contributed by atoms with Gasteiger partial charge in [0, 0.05) is 17.8 Å². The Kier molecular flexibility index (Phi) is 2.90. The van der Waals surface area contributed by atoms with Crippen LogP contribution in [-0.4, -0.2) is 15.0 Å². The number of hydrogen-bond donors (Lipinski definition) is 0. The highest BCUT2D eigenvalue weighted by molar-refractivity contribution is 9.10. The predicted molar refractivity (Wildman–Crippen MR) is 71.5 cm³/mol. The molecule has 0 spiro atoms. The second-order valence-electron chi connectivity index (χ2n) is 3.61. The van der Waals surface area contributed by atoms with Crippen LogP contribution in [0.15, 0.2) is 53.5 Å². The molecule has 4 nitrogen and oxygen atoms in total. The lowest BCUT2D eigenvalue weighted by Crippen LogP contribution is -1.91. The number of nitrogens with zero attached hydrogens (tertiary/aromatic N) is 3. The molecular formula is C13H8BrN3O. The smallest absolute Gasteiger partial charge is 0.236 e. The van der Waals surface area contributed by atoms with E-state index in [0.29, 0.717) is 16.1 Å². The summed E-state index contributed by atoms with van der Waals surface area (Å²) < 4.78 is 6.47. The fourth-order valence-electron chi connectivity index (χ4n) is 1.64. The maximum absolute atomic E-state index is 5.76. The molecule has 0 amide bonds. The molecule has 18 heavy (non-hydrogen) atoms. The van der Waals surface area contributed by atoms with E-state index in [4.69, 9.17) is 4.74 Å². The third-order valence-corrected chi connectivity index (χ3v) is 2.98. The van der Waals surface area contributed by atoms with Crippen LogP contribution in [-0.2, 0) is 0 Å². The van der Waals surface area contributed by atoms with Crippen LogP contribution in [0.1, 0.15) is 0 Å². The van der Waals surface area contributed by atoms with Crippen LogP contribution in [0, 0.1) is 0 Å². The minimum Gasteiger partial charge on any atom is -0.435 e. The number of aromatic nitrogens is 3. The van der Waals surface area contributed by atoms with Gasteiger partial charge in [0.1, 0.15) is 11.8 Å². The van der Waals surface area contributed by atoms with Crippen LogP contribution in [0.3, 0.4) is 0 Å². The fourth-order valence-corrected chi connectivity index (χ4v) is 1.94. The van der Waals surface area contributed by atoms with E-state index in [1.54, 1.807) is 12.4 Å². The molecule has 5 heteroatoms. The fraction of sp³-hybridized carbons (Fsp3) is 0. The van der Waals surface area contributed by atoms with Gasteiger partial charge >= 0.3 is 0 Å². The Hall–Kier alpha value is -2.01. The quantitative estimate of drug-likeness (QED) is 0.726. The Bertz CT molecular complexity index is 697. The molecule has 0 N–H and O–H groups in total. The van der Waals surface area contributed by atoms with Gasteiger partial charge in [-0.3, -0.25) is 4.98 Å². The molecule has 3 aromatic rings. The van der Waals surface area contributed by atoms with E-state index in [-0.39, 0.29) is 0 Å². The van der Waals surface area contributed by atoms with Crippen molar-refractivity contribution in [2.45, 2.75) is 0 Å². The standard InChI is InChI=1S/C13H8BrN3O/c14-10-7-15-8-17-13(10)18-11-5-1-3-9-4-2-6-16-12(9)11/h1-8H. The second kappa shape index (κ2) is 4.70. The van der Waals surface area contributed by atoms with Crippen LogP contribution in [0.2, 0.25) is 0 Å². The summed E-state index contributed by atoms with van der Waals surface area (Å²) in [5.41, 5.74) is 0.811. The molecule has 0 aliphatic heterocycles. The summed E-state index contributed by atoms with van der Waals surface area (Å²) in [5.74, 6) is 1.15. The molecule has 0 saturated carbocycles. The summed E-state index contributed by atoms with van der Waals surface area (Å²) in [6.07, 6.45) is 4.82. The minimum absolute atomic E-state index is 0.475. The van der Waals surface area contributed by atoms with Crippen molar-refractivity contribution < 1.29 is 4.74 Å². The summed E-state index contributed by atoms with van der Waals surface area (Å²) in [6.45, 7) is 0. The first-order valence-corrected chi connectivity index (χ1v) is 6.11. The van der Waals surface area contributed by atoms with Crippen molar-refractivity contribution in [2.24, 2.45) is 0 Å². The van der Waals surface area contributed by atoms with Gasteiger partial charge in [-0.1, -0.05) is 18.2 Å². The van der Waals surface area contributed by atoms with E-state index < -0.39 is 0 Å². The molecule has 0 bridgehead atoms. The van der Waals surface area contributed by atoms with Gasteiger partial charge in [-0.15, -0.1) is 0 Å². The molecule has 88 valence electrons. The molecule has 0 aliphatic carbocycles. The summed E-state index contributed by atoms with van der Waals surface area (Å²) in [7, 11) is 0. The zero-order valence-corrected chi connectivity index (χ0v) is 10.8. The Morgan fingerprint density at radius 3 is 2.83 bits per heavy atom. The lowest BCUT2D eigenvalue weighted by molar-refractivity contribution is 0.462.